The molecular formula is C23H26N2O3S. The Morgan fingerprint density at radius 3 is 2.59 bits per heavy atom. The van der Waals surface area contributed by atoms with Gasteiger partial charge < -0.3 is 10.1 Å². The normalized spacial score (nSPS) is 15.9. The van der Waals surface area contributed by atoms with Crippen LogP contribution in [0.4, 0.5) is 5.00 Å². The lowest BCUT2D eigenvalue weighted by Crippen LogP contribution is -2.26. The number of rotatable bonds is 4. The van der Waals surface area contributed by atoms with Crippen LogP contribution in [0.15, 0.2) is 24.3 Å². The molecule has 1 atom stereocenters. The van der Waals surface area contributed by atoms with Crippen molar-refractivity contribution < 1.29 is 14.3 Å². The molecule has 1 amide bonds. The summed E-state index contributed by atoms with van der Waals surface area (Å²) in [5, 5.41) is 12.9. The molecule has 0 radical (unpaired) electrons. The van der Waals surface area contributed by atoms with Gasteiger partial charge in [-0.15, -0.1) is 11.3 Å². The maximum atomic E-state index is 12.3. The number of anilines is 1. The van der Waals surface area contributed by atoms with Gasteiger partial charge in [-0.2, -0.15) is 5.26 Å². The maximum Gasteiger partial charge on any atom is 0.338 e. The van der Waals surface area contributed by atoms with Crippen molar-refractivity contribution in [2.45, 2.75) is 47.0 Å². The molecule has 1 heterocycles. The highest BCUT2D eigenvalue weighted by Crippen LogP contribution is 2.43. The monoisotopic (exact) mass is 410 g/mol. The number of ether oxygens (including phenoxy) is 1. The first-order chi connectivity index (χ1) is 13.7. The van der Waals surface area contributed by atoms with Crippen LogP contribution in [0.25, 0.3) is 0 Å². The minimum atomic E-state index is -0.542. The Balaban J connectivity index is 1.65. The Morgan fingerprint density at radius 1 is 1.28 bits per heavy atom. The zero-order valence-electron chi connectivity index (χ0n) is 17.3. The van der Waals surface area contributed by atoms with E-state index in [2.05, 4.69) is 32.2 Å². The van der Waals surface area contributed by atoms with Gasteiger partial charge in [0.15, 0.2) is 6.61 Å². The van der Waals surface area contributed by atoms with Crippen molar-refractivity contribution in [1.29, 1.82) is 5.26 Å². The van der Waals surface area contributed by atoms with Crippen LogP contribution >= 0.6 is 11.3 Å². The molecule has 0 unspecified atom stereocenters. The van der Waals surface area contributed by atoms with Crippen molar-refractivity contribution in [2.24, 2.45) is 11.3 Å². The van der Waals surface area contributed by atoms with Gasteiger partial charge in [-0.25, -0.2) is 4.79 Å². The summed E-state index contributed by atoms with van der Waals surface area (Å²) in [4.78, 5) is 25.6. The number of nitriles is 1. The lowest BCUT2D eigenvalue weighted by Gasteiger charge is -2.33. The third-order valence-corrected chi connectivity index (χ3v) is 6.65. The summed E-state index contributed by atoms with van der Waals surface area (Å²) in [6.45, 7) is 8.27. The highest BCUT2D eigenvalue weighted by molar-refractivity contribution is 7.16. The number of carbonyl (C=O) groups is 2. The smallest absolute Gasteiger partial charge is 0.338 e. The van der Waals surface area contributed by atoms with E-state index in [4.69, 9.17) is 4.74 Å². The fourth-order valence-corrected chi connectivity index (χ4v) is 4.89. The molecule has 1 aliphatic carbocycles. The predicted octanol–water partition coefficient (Wildman–Crippen LogP) is 4.87. The molecule has 0 saturated heterocycles. The van der Waals surface area contributed by atoms with Crippen LogP contribution < -0.4 is 5.32 Å². The number of fused-ring (bicyclic) bond motifs is 1. The number of thiophene rings is 1. The Morgan fingerprint density at radius 2 is 1.97 bits per heavy atom. The number of hydrogen-bond donors (Lipinski definition) is 1. The van der Waals surface area contributed by atoms with E-state index in [0.717, 1.165) is 30.4 Å². The second kappa shape index (κ2) is 8.38. The number of hydrogen-bond acceptors (Lipinski definition) is 5. The van der Waals surface area contributed by atoms with Gasteiger partial charge in [0.2, 0.25) is 0 Å². The van der Waals surface area contributed by atoms with E-state index in [-0.39, 0.29) is 12.0 Å². The van der Waals surface area contributed by atoms with Crippen molar-refractivity contribution >= 4 is 28.2 Å². The molecule has 1 N–H and O–H groups in total. The van der Waals surface area contributed by atoms with Crippen LogP contribution in [0.3, 0.4) is 0 Å². The van der Waals surface area contributed by atoms with Crippen LogP contribution in [0, 0.1) is 29.6 Å². The average Bonchev–Trinajstić information content (AvgIpc) is 3.02. The van der Waals surface area contributed by atoms with Gasteiger partial charge in [0.25, 0.3) is 5.91 Å². The van der Waals surface area contributed by atoms with Gasteiger partial charge in [-0.05, 0) is 55.2 Å². The maximum absolute atomic E-state index is 12.3. The molecule has 152 valence electrons. The standard InChI is InChI=1S/C23H26N2O3S/c1-14-5-7-15(8-6-14)22(27)28-13-20(26)25-21-18(12-24)17-10-9-16(23(2,3)4)11-19(17)29-21/h5-8,16H,9-11,13H2,1-4H3,(H,25,26)/t16-/m1/s1. The molecule has 0 spiro atoms. The minimum Gasteiger partial charge on any atom is -0.452 e. The first-order valence-electron chi connectivity index (χ1n) is 9.77. The molecule has 6 heteroatoms. The van der Waals surface area contributed by atoms with Crippen molar-refractivity contribution in [3.8, 4) is 6.07 Å². The van der Waals surface area contributed by atoms with Gasteiger partial charge in [0.1, 0.15) is 11.1 Å². The van der Waals surface area contributed by atoms with Crippen LogP contribution in [0.2, 0.25) is 0 Å². The molecule has 2 aromatic rings. The second-order valence-corrected chi connectivity index (χ2v) is 9.72. The van der Waals surface area contributed by atoms with Crippen LogP contribution in [0.5, 0.6) is 0 Å². The molecule has 1 aliphatic rings. The molecule has 5 nitrogen and oxygen atoms in total. The van der Waals surface area contributed by atoms with E-state index in [1.165, 1.54) is 16.2 Å². The summed E-state index contributed by atoms with van der Waals surface area (Å²) >= 11 is 1.47. The number of esters is 1. The topological polar surface area (TPSA) is 79.2 Å². The average molecular weight is 411 g/mol. The van der Waals surface area contributed by atoms with E-state index in [9.17, 15) is 14.9 Å². The molecule has 29 heavy (non-hydrogen) atoms. The number of nitrogens with zero attached hydrogens (tertiary/aromatic N) is 1. The van der Waals surface area contributed by atoms with E-state index in [1.807, 2.05) is 19.1 Å². The van der Waals surface area contributed by atoms with E-state index < -0.39 is 11.9 Å². The lowest BCUT2D eigenvalue weighted by molar-refractivity contribution is -0.119. The zero-order valence-corrected chi connectivity index (χ0v) is 18.1. The molecule has 0 fully saturated rings. The van der Waals surface area contributed by atoms with Gasteiger partial charge >= 0.3 is 5.97 Å². The number of amides is 1. The van der Waals surface area contributed by atoms with E-state index in [1.54, 1.807) is 12.1 Å². The largest absolute Gasteiger partial charge is 0.452 e. The highest BCUT2D eigenvalue weighted by atomic mass is 32.1. The molecule has 1 aromatic heterocycles. The van der Waals surface area contributed by atoms with Crippen molar-refractivity contribution in [3.63, 3.8) is 0 Å². The van der Waals surface area contributed by atoms with Crippen molar-refractivity contribution in [2.75, 3.05) is 11.9 Å². The third kappa shape index (κ3) is 4.86. The van der Waals surface area contributed by atoms with Crippen LogP contribution in [-0.2, 0) is 22.4 Å². The summed E-state index contributed by atoms with van der Waals surface area (Å²) in [6, 6.07) is 9.22. The molecular weight excluding hydrogens is 384 g/mol. The van der Waals surface area contributed by atoms with Crippen LogP contribution in [-0.4, -0.2) is 18.5 Å². The number of benzene rings is 1. The lowest BCUT2D eigenvalue weighted by atomic mass is 9.72. The first kappa shape index (κ1) is 21.1. The summed E-state index contributed by atoms with van der Waals surface area (Å²) in [7, 11) is 0. The van der Waals surface area contributed by atoms with Gasteiger partial charge in [0.05, 0.1) is 11.1 Å². The summed E-state index contributed by atoms with van der Waals surface area (Å²) in [5.41, 5.74) is 3.27. The molecule has 1 aromatic carbocycles. The van der Waals surface area contributed by atoms with Gasteiger partial charge in [0, 0.05) is 4.88 Å². The molecule has 0 saturated carbocycles. The number of nitrogens with one attached hydrogen (secondary N) is 1. The van der Waals surface area contributed by atoms with Crippen molar-refractivity contribution in [3.05, 3.63) is 51.4 Å². The van der Waals surface area contributed by atoms with E-state index >= 15 is 0 Å². The van der Waals surface area contributed by atoms with Crippen molar-refractivity contribution in [1.82, 2.24) is 0 Å². The van der Waals surface area contributed by atoms with Gasteiger partial charge in [-0.3, -0.25) is 4.79 Å². The Kier molecular flexibility index (Phi) is 6.09. The second-order valence-electron chi connectivity index (χ2n) is 8.62. The zero-order chi connectivity index (χ0) is 21.2. The van der Waals surface area contributed by atoms with Crippen LogP contribution in [0.1, 0.15) is 59.1 Å². The summed E-state index contributed by atoms with van der Waals surface area (Å²) in [5.74, 6) is -0.425. The van der Waals surface area contributed by atoms with Gasteiger partial charge in [-0.1, -0.05) is 38.5 Å². The molecule has 0 bridgehead atoms. The minimum absolute atomic E-state index is 0.210. The summed E-state index contributed by atoms with van der Waals surface area (Å²) in [6.07, 6.45) is 2.83. The SMILES string of the molecule is Cc1ccc(C(=O)OCC(=O)Nc2sc3c(c2C#N)CC[C@@H](C(C)(C)C)C3)cc1. The fourth-order valence-electron chi connectivity index (χ4n) is 3.60. The molecule has 3 rings (SSSR count). The predicted molar refractivity (Wildman–Crippen MR) is 114 cm³/mol. The quantitative estimate of drug-likeness (QED) is 0.729. The number of aryl methyl sites for hydroxylation is 1. The molecule has 0 aliphatic heterocycles. The summed E-state index contributed by atoms with van der Waals surface area (Å²) < 4.78 is 5.11. The van der Waals surface area contributed by atoms with E-state index in [0.29, 0.717) is 22.0 Å². The Labute approximate surface area is 175 Å². The third-order valence-electron chi connectivity index (χ3n) is 5.48. The Hall–Kier alpha value is -2.65. The fraction of sp³-hybridized carbons (Fsp3) is 0.435. The Bertz CT molecular complexity index is 962. The number of carbonyl (C=O) groups excluding carboxylic acids is 2. The highest BCUT2D eigenvalue weighted by Gasteiger charge is 2.32. The first-order valence-corrected chi connectivity index (χ1v) is 10.6.